The van der Waals surface area contributed by atoms with E-state index < -0.39 is 0 Å². The van der Waals surface area contributed by atoms with Crippen LogP contribution >= 0.6 is 0 Å². The molecule has 1 aliphatic heterocycles. The monoisotopic (exact) mass is 317 g/mol. The van der Waals surface area contributed by atoms with Gasteiger partial charge in [-0.1, -0.05) is 31.2 Å². The van der Waals surface area contributed by atoms with Gasteiger partial charge in [0.1, 0.15) is 0 Å². The quantitative estimate of drug-likeness (QED) is 0.896. The topological polar surface area (TPSA) is 52.7 Å². The van der Waals surface area contributed by atoms with Gasteiger partial charge < -0.3 is 10.2 Å². The molecule has 126 valence electrons. The Morgan fingerprint density at radius 1 is 1.13 bits per heavy atom. The van der Waals surface area contributed by atoms with Gasteiger partial charge >= 0.3 is 0 Å². The Hall–Kier alpha value is -1.88. The van der Waals surface area contributed by atoms with E-state index in [-0.39, 0.29) is 11.8 Å². The van der Waals surface area contributed by atoms with Gasteiger partial charge in [-0.05, 0) is 24.5 Å². The summed E-state index contributed by atoms with van der Waals surface area (Å²) in [7, 11) is 0. The van der Waals surface area contributed by atoms with Gasteiger partial charge in [0.2, 0.25) is 11.8 Å². The van der Waals surface area contributed by atoms with E-state index in [1.54, 1.807) is 0 Å². The normalized spacial score (nSPS) is 16.0. The van der Waals surface area contributed by atoms with Gasteiger partial charge in [0.15, 0.2) is 0 Å². The van der Waals surface area contributed by atoms with Gasteiger partial charge in [-0.25, -0.2) is 0 Å². The largest absolute Gasteiger partial charge is 0.351 e. The molecule has 1 aliphatic rings. The fraction of sp³-hybridized carbons (Fsp3) is 0.556. The van der Waals surface area contributed by atoms with Crippen molar-refractivity contribution in [3.63, 3.8) is 0 Å². The van der Waals surface area contributed by atoms with Gasteiger partial charge in [-0.15, -0.1) is 0 Å². The third-order valence-corrected chi connectivity index (χ3v) is 4.35. The van der Waals surface area contributed by atoms with Gasteiger partial charge in [-0.3, -0.25) is 14.5 Å². The average Bonchev–Trinajstić information content (AvgIpc) is 2.79. The fourth-order valence-electron chi connectivity index (χ4n) is 2.86. The van der Waals surface area contributed by atoms with E-state index in [0.717, 1.165) is 38.2 Å². The summed E-state index contributed by atoms with van der Waals surface area (Å²) in [5.74, 6) is 0.249. The Morgan fingerprint density at radius 3 is 2.65 bits per heavy atom. The second-order valence-corrected chi connectivity index (χ2v) is 6.07. The van der Waals surface area contributed by atoms with Crippen LogP contribution in [0.15, 0.2) is 24.3 Å². The smallest absolute Gasteiger partial charge is 0.234 e. The van der Waals surface area contributed by atoms with E-state index in [9.17, 15) is 9.59 Å². The maximum atomic E-state index is 12.1. The van der Waals surface area contributed by atoms with Crippen LogP contribution in [0.3, 0.4) is 0 Å². The molecule has 0 spiro atoms. The lowest BCUT2D eigenvalue weighted by Gasteiger charge is -2.21. The lowest BCUT2D eigenvalue weighted by Crippen LogP contribution is -2.39. The molecule has 23 heavy (non-hydrogen) atoms. The third-order valence-electron chi connectivity index (χ3n) is 4.35. The summed E-state index contributed by atoms with van der Waals surface area (Å²) in [4.78, 5) is 28.0. The summed E-state index contributed by atoms with van der Waals surface area (Å²) in [5.41, 5.74) is 2.34. The fourth-order valence-corrected chi connectivity index (χ4v) is 2.86. The first-order valence-electron chi connectivity index (χ1n) is 8.41. The molecule has 1 heterocycles. The Morgan fingerprint density at radius 2 is 1.91 bits per heavy atom. The summed E-state index contributed by atoms with van der Waals surface area (Å²) in [6.45, 7) is 8.07. The standard InChI is InChI=1S/C18H27N3O2/c1-3-18(23)21-10-6-9-20(11-12-21)14-17(22)19-13-16-8-5-4-7-15(16)2/h4-5,7-8H,3,6,9-14H2,1-2H3,(H,19,22). The minimum Gasteiger partial charge on any atom is -0.351 e. The SMILES string of the molecule is CCC(=O)N1CCCN(CC(=O)NCc2ccccc2C)CC1. The number of amides is 2. The molecule has 1 N–H and O–H groups in total. The van der Waals surface area contributed by atoms with Gasteiger partial charge in [-0.2, -0.15) is 0 Å². The molecule has 2 rings (SSSR count). The zero-order valence-corrected chi connectivity index (χ0v) is 14.2. The maximum Gasteiger partial charge on any atom is 0.234 e. The minimum atomic E-state index is 0.0449. The number of carbonyl (C=O) groups excluding carboxylic acids is 2. The van der Waals surface area contributed by atoms with Crippen LogP contribution < -0.4 is 5.32 Å². The van der Waals surface area contributed by atoms with Gasteiger partial charge in [0, 0.05) is 39.1 Å². The van der Waals surface area contributed by atoms with Crippen LogP contribution in [0.25, 0.3) is 0 Å². The summed E-state index contributed by atoms with van der Waals surface area (Å²) in [6, 6.07) is 8.08. The molecule has 0 aromatic heterocycles. The molecule has 1 aromatic rings. The van der Waals surface area contributed by atoms with Crippen LogP contribution in [0.4, 0.5) is 0 Å². The van der Waals surface area contributed by atoms with Gasteiger partial charge in [0.05, 0.1) is 6.54 Å². The zero-order chi connectivity index (χ0) is 16.7. The van der Waals surface area contributed by atoms with Crippen LogP contribution in [0.2, 0.25) is 0 Å². The van der Waals surface area contributed by atoms with Crippen molar-refractivity contribution >= 4 is 11.8 Å². The Bertz CT molecular complexity index is 545. The number of hydrogen-bond acceptors (Lipinski definition) is 3. The molecule has 0 aliphatic carbocycles. The Balaban J connectivity index is 1.77. The van der Waals surface area contributed by atoms with Crippen LogP contribution in [0.1, 0.15) is 30.9 Å². The molecule has 1 aromatic carbocycles. The van der Waals surface area contributed by atoms with Crippen molar-refractivity contribution in [2.24, 2.45) is 0 Å². The molecular formula is C18H27N3O2. The second-order valence-electron chi connectivity index (χ2n) is 6.07. The number of carbonyl (C=O) groups is 2. The van der Waals surface area contributed by atoms with E-state index in [4.69, 9.17) is 0 Å². The predicted octanol–water partition coefficient (Wildman–Crippen LogP) is 1.56. The van der Waals surface area contributed by atoms with E-state index in [1.165, 1.54) is 5.56 Å². The number of benzene rings is 1. The molecule has 5 nitrogen and oxygen atoms in total. The first kappa shape index (κ1) is 17.5. The minimum absolute atomic E-state index is 0.0449. The molecular weight excluding hydrogens is 290 g/mol. The summed E-state index contributed by atoms with van der Waals surface area (Å²) in [5, 5.41) is 2.99. The molecule has 1 saturated heterocycles. The molecule has 5 heteroatoms. The molecule has 0 atom stereocenters. The number of aryl methyl sites for hydroxylation is 1. The highest BCUT2D eigenvalue weighted by Gasteiger charge is 2.19. The van der Waals surface area contributed by atoms with Crippen molar-refractivity contribution in [2.75, 3.05) is 32.7 Å². The highest BCUT2D eigenvalue weighted by atomic mass is 16.2. The van der Waals surface area contributed by atoms with Crippen LogP contribution in [-0.4, -0.2) is 54.3 Å². The Labute approximate surface area is 138 Å². The van der Waals surface area contributed by atoms with Crippen LogP contribution in [0.5, 0.6) is 0 Å². The highest BCUT2D eigenvalue weighted by molar-refractivity contribution is 5.78. The number of nitrogens with one attached hydrogen (secondary N) is 1. The molecule has 2 amide bonds. The van der Waals surface area contributed by atoms with Crippen molar-refractivity contribution < 1.29 is 9.59 Å². The number of rotatable bonds is 5. The first-order valence-corrected chi connectivity index (χ1v) is 8.41. The molecule has 1 fully saturated rings. The van der Waals surface area contributed by atoms with Crippen molar-refractivity contribution in [2.45, 2.75) is 33.2 Å². The highest BCUT2D eigenvalue weighted by Crippen LogP contribution is 2.07. The van der Waals surface area contributed by atoms with Crippen LogP contribution in [0, 0.1) is 6.92 Å². The number of nitrogens with zero attached hydrogens (tertiary/aromatic N) is 2. The third kappa shape index (κ3) is 5.36. The second kappa shape index (κ2) is 8.67. The van der Waals surface area contributed by atoms with E-state index in [2.05, 4.69) is 23.2 Å². The predicted molar refractivity (Wildman–Crippen MR) is 91.0 cm³/mol. The summed E-state index contributed by atoms with van der Waals surface area (Å²) in [6.07, 6.45) is 1.48. The van der Waals surface area contributed by atoms with E-state index in [1.807, 2.05) is 30.0 Å². The van der Waals surface area contributed by atoms with Crippen molar-refractivity contribution in [1.82, 2.24) is 15.1 Å². The van der Waals surface area contributed by atoms with E-state index >= 15 is 0 Å². The Kier molecular flexibility index (Phi) is 6.59. The average molecular weight is 317 g/mol. The lowest BCUT2D eigenvalue weighted by atomic mass is 10.1. The van der Waals surface area contributed by atoms with Crippen molar-refractivity contribution in [3.8, 4) is 0 Å². The van der Waals surface area contributed by atoms with Crippen molar-refractivity contribution in [1.29, 1.82) is 0 Å². The molecule has 0 unspecified atom stereocenters. The molecule has 0 saturated carbocycles. The van der Waals surface area contributed by atoms with Crippen molar-refractivity contribution in [3.05, 3.63) is 35.4 Å². The summed E-state index contributed by atoms with van der Waals surface area (Å²) < 4.78 is 0. The van der Waals surface area contributed by atoms with E-state index in [0.29, 0.717) is 19.5 Å². The van der Waals surface area contributed by atoms with Crippen LogP contribution in [-0.2, 0) is 16.1 Å². The lowest BCUT2D eigenvalue weighted by molar-refractivity contribution is -0.130. The zero-order valence-electron chi connectivity index (χ0n) is 14.2. The van der Waals surface area contributed by atoms with Gasteiger partial charge in [0.25, 0.3) is 0 Å². The number of hydrogen-bond donors (Lipinski definition) is 1. The first-order chi connectivity index (χ1) is 11.1. The molecule has 0 bridgehead atoms. The molecule has 0 radical (unpaired) electrons. The summed E-state index contributed by atoms with van der Waals surface area (Å²) >= 11 is 0. The maximum absolute atomic E-state index is 12.1.